The topological polar surface area (TPSA) is 71.9 Å². The lowest BCUT2D eigenvalue weighted by atomic mass is 10.3. The molecule has 1 heterocycles. The number of aromatic nitrogens is 2. The monoisotopic (exact) mass is 306 g/mol. The van der Waals surface area contributed by atoms with Gasteiger partial charge in [0.2, 0.25) is 0 Å². The molecule has 0 saturated heterocycles. The van der Waals surface area contributed by atoms with Crippen LogP contribution in [0, 0.1) is 6.92 Å². The molecule has 0 aliphatic rings. The Balaban J connectivity index is 2.72. The molecule has 5 nitrogen and oxygen atoms in total. The quantitative estimate of drug-likeness (QED) is 0.919. The summed E-state index contributed by atoms with van der Waals surface area (Å²) in [6.07, 6.45) is 0. The fourth-order valence-corrected chi connectivity index (χ4v) is 2.72. The third-order valence-corrected chi connectivity index (χ3v) is 4.23. The number of H-pyrrole nitrogens is 1. The molecule has 0 amide bonds. The van der Waals surface area contributed by atoms with Crippen LogP contribution >= 0.6 is 0 Å². The molecular formula is C11H9F3N2O3S. The second-order valence-corrected chi connectivity index (χ2v) is 5.87. The summed E-state index contributed by atoms with van der Waals surface area (Å²) in [6.45, 7) is 1.10. The Kier molecular flexibility index (Phi) is 3.24. The SMILES string of the molecule is Cc1[nH]n(-c2ccccc2)c(=O)c1S(=O)(=O)C(F)(F)F. The summed E-state index contributed by atoms with van der Waals surface area (Å²) in [5.41, 5.74) is -6.90. The van der Waals surface area contributed by atoms with Crippen molar-refractivity contribution in [3.8, 4) is 5.69 Å². The summed E-state index contributed by atoms with van der Waals surface area (Å²) in [6, 6.07) is 7.70. The Hall–Kier alpha value is -2.03. The highest BCUT2D eigenvalue weighted by atomic mass is 32.2. The molecule has 0 spiro atoms. The Bertz CT molecular complexity index is 789. The Labute approximate surface area is 111 Å². The first kappa shape index (κ1) is 14.4. The first-order chi connectivity index (χ1) is 9.16. The number of alkyl halides is 3. The third-order valence-electron chi connectivity index (χ3n) is 2.61. The summed E-state index contributed by atoms with van der Waals surface area (Å²) in [7, 11) is -5.69. The lowest BCUT2D eigenvalue weighted by molar-refractivity contribution is -0.0436. The van der Waals surface area contributed by atoms with Crippen molar-refractivity contribution in [3.63, 3.8) is 0 Å². The summed E-state index contributed by atoms with van der Waals surface area (Å²) in [5, 5.41) is 2.33. The first-order valence-electron chi connectivity index (χ1n) is 5.34. The zero-order valence-electron chi connectivity index (χ0n) is 10.1. The highest BCUT2D eigenvalue weighted by Gasteiger charge is 2.50. The van der Waals surface area contributed by atoms with Gasteiger partial charge in [-0.05, 0) is 19.1 Å². The smallest absolute Gasteiger partial charge is 0.294 e. The minimum absolute atomic E-state index is 0.240. The Morgan fingerprint density at radius 2 is 1.70 bits per heavy atom. The van der Waals surface area contributed by atoms with E-state index in [1.807, 2.05) is 0 Å². The van der Waals surface area contributed by atoms with Gasteiger partial charge in [0.25, 0.3) is 15.4 Å². The van der Waals surface area contributed by atoms with Crippen molar-refractivity contribution in [2.24, 2.45) is 0 Å². The van der Waals surface area contributed by atoms with E-state index in [0.717, 1.165) is 11.6 Å². The number of sulfone groups is 1. The maximum Gasteiger partial charge on any atom is 0.502 e. The number of nitrogens with one attached hydrogen (secondary N) is 1. The highest BCUT2D eigenvalue weighted by Crippen LogP contribution is 2.29. The molecule has 0 aliphatic heterocycles. The van der Waals surface area contributed by atoms with Crippen LogP contribution in [0.2, 0.25) is 0 Å². The molecule has 0 radical (unpaired) electrons. The summed E-state index contributed by atoms with van der Waals surface area (Å²) in [5.74, 6) is 0. The van der Waals surface area contributed by atoms with Gasteiger partial charge >= 0.3 is 5.51 Å². The van der Waals surface area contributed by atoms with Gasteiger partial charge in [-0.1, -0.05) is 18.2 Å². The standard InChI is InChI=1S/C11H9F3N2O3S/c1-7-9(20(18,19)11(12,13)14)10(17)16(15-7)8-5-3-2-4-6-8/h2-6,15H,1H3. The van der Waals surface area contributed by atoms with Gasteiger partial charge in [0.05, 0.1) is 11.4 Å². The van der Waals surface area contributed by atoms with E-state index in [1.54, 1.807) is 18.2 Å². The Morgan fingerprint density at radius 3 is 2.20 bits per heavy atom. The first-order valence-corrected chi connectivity index (χ1v) is 6.83. The number of para-hydroxylation sites is 1. The average Bonchev–Trinajstić information content (AvgIpc) is 2.65. The van der Waals surface area contributed by atoms with Gasteiger partial charge < -0.3 is 0 Å². The van der Waals surface area contributed by atoms with Gasteiger partial charge in [-0.2, -0.15) is 13.2 Å². The van der Waals surface area contributed by atoms with Crippen LogP contribution in [-0.2, 0) is 9.84 Å². The van der Waals surface area contributed by atoms with Crippen molar-refractivity contribution in [1.82, 2.24) is 9.78 Å². The molecule has 2 aromatic rings. The van der Waals surface area contributed by atoms with E-state index in [9.17, 15) is 26.4 Å². The van der Waals surface area contributed by atoms with Gasteiger partial charge in [0.15, 0.2) is 4.90 Å². The maximum absolute atomic E-state index is 12.5. The van der Waals surface area contributed by atoms with Crippen LogP contribution in [0.1, 0.15) is 5.69 Å². The van der Waals surface area contributed by atoms with Crippen molar-refractivity contribution in [3.05, 3.63) is 46.4 Å². The third kappa shape index (κ3) is 2.13. The lowest BCUT2D eigenvalue weighted by Crippen LogP contribution is -2.29. The molecule has 1 aromatic carbocycles. The van der Waals surface area contributed by atoms with Crippen molar-refractivity contribution >= 4 is 9.84 Å². The molecule has 20 heavy (non-hydrogen) atoms. The molecule has 0 unspecified atom stereocenters. The number of aryl methyl sites for hydroxylation is 1. The highest BCUT2D eigenvalue weighted by molar-refractivity contribution is 7.92. The lowest BCUT2D eigenvalue weighted by Gasteiger charge is -2.05. The van der Waals surface area contributed by atoms with E-state index in [2.05, 4.69) is 5.10 Å². The van der Waals surface area contributed by atoms with Crippen molar-refractivity contribution < 1.29 is 21.6 Å². The van der Waals surface area contributed by atoms with Gasteiger partial charge in [0.1, 0.15) is 0 Å². The van der Waals surface area contributed by atoms with Gasteiger partial charge in [-0.3, -0.25) is 9.89 Å². The molecular weight excluding hydrogens is 297 g/mol. The number of hydrogen-bond donors (Lipinski definition) is 1. The minimum atomic E-state index is -5.69. The molecule has 0 aliphatic carbocycles. The fourth-order valence-electron chi connectivity index (χ4n) is 1.72. The molecule has 108 valence electrons. The van der Waals surface area contributed by atoms with Crippen molar-refractivity contribution in [2.45, 2.75) is 17.3 Å². The molecule has 0 atom stereocenters. The molecule has 2 rings (SSSR count). The van der Waals surface area contributed by atoms with E-state index in [0.29, 0.717) is 0 Å². The molecule has 0 fully saturated rings. The van der Waals surface area contributed by atoms with E-state index in [4.69, 9.17) is 0 Å². The normalized spacial score (nSPS) is 12.6. The second-order valence-electron chi connectivity index (χ2n) is 3.99. The molecule has 0 saturated carbocycles. The van der Waals surface area contributed by atoms with Crippen LogP contribution in [0.15, 0.2) is 40.0 Å². The number of nitrogens with zero attached hydrogens (tertiary/aromatic N) is 1. The van der Waals surface area contributed by atoms with Crippen LogP contribution in [0.3, 0.4) is 0 Å². The molecule has 0 bridgehead atoms. The molecule has 1 aromatic heterocycles. The van der Waals surface area contributed by atoms with Crippen LogP contribution in [0.5, 0.6) is 0 Å². The number of benzene rings is 1. The van der Waals surface area contributed by atoms with Gasteiger partial charge in [-0.15, -0.1) is 0 Å². The van der Waals surface area contributed by atoms with Gasteiger partial charge in [-0.25, -0.2) is 13.1 Å². The predicted octanol–water partition coefficient (Wildman–Crippen LogP) is 1.77. The zero-order valence-corrected chi connectivity index (χ0v) is 10.9. The fraction of sp³-hybridized carbons (Fsp3) is 0.182. The van der Waals surface area contributed by atoms with Crippen LogP contribution in [0.4, 0.5) is 13.2 Å². The van der Waals surface area contributed by atoms with Crippen LogP contribution < -0.4 is 5.56 Å². The number of hydrogen-bond acceptors (Lipinski definition) is 3. The van der Waals surface area contributed by atoms with E-state index in [1.165, 1.54) is 12.1 Å². The average molecular weight is 306 g/mol. The summed E-state index contributed by atoms with van der Waals surface area (Å²) in [4.78, 5) is 10.7. The van der Waals surface area contributed by atoms with Crippen LogP contribution in [-0.4, -0.2) is 23.7 Å². The minimum Gasteiger partial charge on any atom is -0.294 e. The summed E-state index contributed by atoms with van der Waals surface area (Å²) < 4.78 is 61.1. The van der Waals surface area contributed by atoms with Gasteiger partial charge in [0, 0.05) is 0 Å². The molecule has 9 heteroatoms. The number of halogens is 3. The van der Waals surface area contributed by atoms with Crippen molar-refractivity contribution in [2.75, 3.05) is 0 Å². The maximum atomic E-state index is 12.5. The van der Waals surface area contributed by atoms with Crippen molar-refractivity contribution in [1.29, 1.82) is 0 Å². The van der Waals surface area contributed by atoms with Crippen LogP contribution in [0.25, 0.3) is 5.69 Å². The summed E-state index contributed by atoms with van der Waals surface area (Å²) >= 11 is 0. The molecule has 1 N–H and O–H groups in total. The van der Waals surface area contributed by atoms with E-state index in [-0.39, 0.29) is 11.4 Å². The largest absolute Gasteiger partial charge is 0.502 e. The van der Waals surface area contributed by atoms with E-state index < -0.39 is 25.8 Å². The Morgan fingerprint density at radius 1 is 1.15 bits per heavy atom. The number of aromatic amines is 1. The zero-order chi connectivity index (χ0) is 15.1. The number of rotatable bonds is 2. The predicted molar refractivity (Wildman–Crippen MR) is 64.4 cm³/mol. The second kappa shape index (κ2) is 4.51. The van der Waals surface area contributed by atoms with E-state index >= 15 is 0 Å².